The molecule has 3 heteroatoms. The Morgan fingerprint density at radius 3 is 2.71 bits per heavy atom. The van der Waals surface area contributed by atoms with E-state index in [4.69, 9.17) is 0 Å². The molecule has 1 heterocycles. The van der Waals surface area contributed by atoms with Crippen molar-refractivity contribution in [1.82, 2.24) is 9.80 Å². The number of nitrogens with zero attached hydrogens (tertiary/aromatic N) is 2. The topological polar surface area (TPSA) is 26.7 Å². The maximum atomic E-state index is 9.41. The molecule has 1 atom stereocenters. The number of rotatable bonds is 4. The van der Waals surface area contributed by atoms with E-state index in [-0.39, 0.29) is 6.61 Å². The van der Waals surface area contributed by atoms with Crippen LogP contribution in [0.3, 0.4) is 0 Å². The van der Waals surface area contributed by atoms with Gasteiger partial charge in [-0.05, 0) is 19.0 Å². The second kappa shape index (κ2) is 6.15. The molecular weight excluding hydrogens is 212 g/mol. The van der Waals surface area contributed by atoms with Crippen molar-refractivity contribution in [3.8, 4) is 0 Å². The Hall–Kier alpha value is -0.900. The lowest BCUT2D eigenvalue weighted by Gasteiger charge is -2.39. The zero-order valence-electron chi connectivity index (χ0n) is 10.5. The number of likely N-dealkylation sites (N-methyl/N-ethyl adjacent to an activating group) is 1. The van der Waals surface area contributed by atoms with E-state index in [1.165, 1.54) is 5.56 Å². The fourth-order valence-electron chi connectivity index (χ4n) is 2.43. The number of hydrogen-bond acceptors (Lipinski definition) is 3. The average Bonchev–Trinajstić information content (AvgIpc) is 2.38. The predicted octanol–water partition coefficient (Wildman–Crippen LogP) is 0.837. The fourth-order valence-corrected chi connectivity index (χ4v) is 2.43. The molecule has 94 valence electrons. The van der Waals surface area contributed by atoms with Gasteiger partial charge in [0.1, 0.15) is 0 Å². The molecule has 1 fully saturated rings. The van der Waals surface area contributed by atoms with Gasteiger partial charge < -0.3 is 10.0 Å². The van der Waals surface area contributed by atoms with Gasteiger partial charge in [0.05, 0.1) is 6.61 Å². The lowest BCUT2D eigenvalue weighted by molar-refractivity contribution is 0.0521. The van der Waals surface area contributed by atoms with E-state index in [0.29, 0.717) is 6.04 Å². The van der Waals surface area contributed by atoms with Crippen molar-refractivity contribution in [2.45, 2.75) is 12.5 Å². The van der Waals surface area contributed by atoms with Crippen LogP contribution in [-0.4, -0.2) is 60.8 Å². The Morgan fingerprint density at radius 1 is 1.24 bits per heavy atom. The van der Waals surface area contributed by atoms with Crippen molar-refractivity contribution >= 4 is 0 Å². The lowest BCUT2D eigenvalue weighted by Crippen LogP contribution is -2.53. The van der Waals surface area contributed by atoms with E-state index in [0.717, 1.165) is 32.6 Å². The van der Waals surface area contributed by atoms with E-state index in [1.807, 2.05) is 0 Å². The van der Waals surface area contributed by atoms with Gasteiger partial charge in [0.2, 0.25) is 0 Å². The molecule has 1 aliphatic heterocycles. The van der Waals surface area contributed by atoms with Crippen LogP contribution in [0.1, 0.15) is 5.56 Å². The van der Waals surface area contributed by atoms with E-state index in [1.54, 1.807) is 0 Å². The molecular formula is C14H22N2O. The van der Waals surface area contributed by atoms with Crippen molar-refractivity contribution in [3.63, 3.8) is 0 Å². The largest absolute Gasteiger partial charge is 0.395 e. The first-order chi connectivity index (χ1) is 8.29. The van der Waals surface area contributed by atoms with Crippen molar-refractivity contribution in [2.75, 3.05) is 39.8 Å². The Labute approximate surface area is 104 Å². The third-order valence-corrected chi connectivity index (χ3v) is 3.55. The molecule has 0 bridgehead atoms. The third-order valence-electron chi connectivity index (χ3n) is 3.55. The van der Waals surface area contributed by atoms with Gasteiger partial charge >= 0.3 is 0 Å². The van der Waals surface area contributed by atoms with E-state index < -0.39 is 0 Å². The molecule has 0 spiro atoms. The summed E-state index contributed by atoms with van der Waals surface area (Å²) < 4.78 is 0. The molecule has 0 aromatic heterocycles. The highest BCUT2D eigenvalue weighted by Crippen LogP contribution is 2.09. The zero-order valence-corrected chi connectivity index (χ0v) is 10.5. The number of piperazine rings is 1. The SMILES string of the molecule is CN1CCN(CCc2ccccc2)C(CO)C1. The Kier molecular flexibility index (Phi) is 4.54. The summed E-state index contributed by atoms with van der Waals surface area (Å²) in [5.74, 6) is 0. The standard InChI is InChI=1S/C14H22N2O/c1-15-9-10-16(14(11-15)12-17)8-7-13-5-3-2-4-6-13/h2-6,14,17H,7-12H2,1H3. The van der Waals surface area contributed by atoms with Crippen LogP contribution >= 0.6 is 0 Å². The normalized spacial score (nSPS) is 22.8. The molecule has 1 aliphatic rings. The van der Waals surface area contributed by atoms with Gasteiger partial charge in [-0.25, -0.2) is 0 Å². The second-order valence-electron chi connectivity index (χ2n) is 4.87. The minimum atomic E-state index is 0.263. The van der Waals surface area contributed by atoms with E-state index in [9.17, 15) is 5.11 Å². The molecule has 2 rings (SSSR count). The summed E-state index contributed by atoms with van der Waals surface area (Å²) in [6.07, 6.45) is 1.07. The van der Waals surface area contributed by atoms with Gasteiger partial charge in [-0.1, -0.05) is 30.3 Å². The van der Waals surface area contributed by atoms with Crippen LogP contribution in [0.25, 0.3) is 0 Å². The molecule has 1 aromatic carbocycles. The van der Waals surface area contributed by atoms with Crippen molar-refractivity contribution in [1.29, 1.82) is 0 Å². The molecule has 1 aromatic rings. The molecule has 0 saturated carbocycles. The maximum Gasteiger partial charge on any atom is 0.0599 e. The first-order valence-corrected chi connectivity index (χ1v) is 6.37. The smallest absolute Gasteiger partial charge is 0.0599 e. The monoisotopic (exact) mass is 234 g/mol. The summed E-state index contributed by atoms with van der Waals surface area (Å²) in [6, 6.07) is 10.9. The molecule has 0 radical (unpaired) electrons. The van der Waals surface area contributed by atoms with Crippen molar-refractivity contribution in [3.05, 3.63) is 35.9 Å². The number of aliphatic hydroxyl groups is 1. The quantitative estimate of drug-likeness (QED) is 0.836. The summed E-state index contributed by atoms with van der Waals surface area (Å²) in [5, 5.41) is 9.41. The van der Waals surface area contributed by atoms with Crippen molar-refractivity contribution < 1.29 is 5.11 Å². The Morgan fingerprint density at radius 2 is 2.00 bits per heavy atom. The third kappa shape index (κ3) is 3.53. The van der Waals surface area contributed by atoms with Crippen LogP contribution < -0.4 is 0 Å². The number of benzene rings is 1. The number of aliphatic hydroxyl groups excluding tert-OH is 1. The van der Waals surface area contributed by atoms with Gasteiger partial charge in [0.25, 0.3) is 0 Å². The molecule has 1 saturated heterocycles. The average molecular weight is 234 g/mol. The van der Waals surface area contributed by atoms with Gasteiger partial charge in [0, 0.05) is 32.2 Å². The summed E-state index contributed by atoms with van der Waals surface area (Å²) in [5.41, 5.74) is 1.38. The number of hydrogen-bond donors (Lipinski definition) is 1. The molecule has 0 aliphatic carbocycles. The summed E-state index contributed by atoms with van der Waals surface area (Å²) in [7, 11) is 2.12. The Balaban J connectivity index is 1.85. The van der Waals surface area contributed by atoms with Crippen LogP contribution in [0, 0.1) is 0 Å². The highest BCUT2D eigenvalue weighted by molar-refractivity contribution is 5.14. The fraction of sp³-hybridized carbons (Fsp3) is 0.571. The van der Waals surface area contributed by atoms with Crippen LogP contribution in [0.5, 0.6) is 0 Å². The molecule has 3 nitrogen and oxygen atoms in total. The minimum Gasteiger partial charge on any atom is -0.395 e. The van der Waals surface area contributed by atoms with Crippen LogP contribution in [-0.2, 0) is 6.42 Å². The highest BCUT2D eigenvalue weighted by atomic mass is 16.3. The van der Waals surface area contributed by atoms with Crippen molar-refractivity contribution in [2.24, 2.45) is 0 Å². The van der Waals surface area contributed by atoms with E-state index in [2.05, 4.69) is 47.2 Å². The predicted molar refractivity (Wildman–Crippen MR) is 70.1 cm³/mol. The second-order valence-corrected chi connectivity index (χ2v) is 4.87. The van der Waals surface area contributed by atoms with Gasteiger partial charge in [-0.3, -0.25) is 4.90 Å². The lowest BCUT2D eigenvalue weighted by atomic mass is 10.1. The van der Waals surface area contributed by atoms with Gasteiger partial charge in [0.15, 0.2) is 0 Å². The molecule has 1 unspecified atom stereocenters. The minimum absolute atomic E-state index is 0.263. The van der Waals surface area contributed by atoms with Gasteiger partial charge in [-0.2, -0.15) is 0 Å². The zero-order chi connectivity index (χ0) is 12.1. The first kappa shape index (κ1) is 12.6. The molecule has 1 N–H and O–H groups in total. The summed E-state index contributed by atoms with van der Waals surface area (Å²) in [4.78, 5) is 4.70. The maximum absolute atomic E-state index is 9.41. The Bertz CT molecular complexity index is 328. The van der Waals surface area contributed by atoms with Crippen LogP contribution in [0.2, 0.25) is 0 Å². The van der Waals surface area contributed by atoms with Crippen LogP contribution in [0.4, 0.5) is 0 Å². The van der Waals surface area contributed by atoms with Gasteiger partial charge in [-0.15, -0.1) is 0 Å². The molecule has 0 amide bonds. The highest BCUT2D eigenvalue weighted by Gasteiger charge is 2.23. The van der Waals surface area contributed by atoms with E-state index >= 15 is 0 Å². The van der Waals surface area contributed by atoms with Crippen LogP contribution in [0.15, 0.2) is 30.3 Å². The summed E-state index contributed by atoms with van der Waals surface area (Å²) >= 11 is 0. The molecule has 17 heavy (non-hydrogen) atoms. The summed E-state index contributed by atoms with van der Waals surface area (Å²) in [6.45, 7) is 4.45. The first-order valence-electron chi connectivity index (χ1n) is 6.37.